The van der Waals surface area contributed by atoms with Crippen molar-refractivity contribution in [3.05, 3.63) is 59.9 Å². The fraction of sp³-hybridized carbons (Fsp3) is 0.364. The number of aromatic nitrogens is 4. The number of rotatable bonds is 8. The van der Waals surface area contributed by atoms with Crippen molar-refractivity contribution in [2.24, 2.45) is 0 Å². The van der Waals surface area contributed by atoms with Gasteiger partial charge in [-0.15, -0.1) is 10.2 Å². The van der Waals surface area contributed by atoms with Crippen molar-refractivity contribution in [1.29, 1.82) is 0 Å². The molecule has 3 heterocycles. The highest BCUT2D eigenvalue weighted by Crippen LogP contribution is 2.27. The van der Waals surface area contributed by atoms with E-state index in [4.69, 9.17) is 9.47 Å². The average molecular weight is 440 g/mol. The zero-order valence-electron chi connectivity index (χ0n) is 17.4. The predicted octanol–water partition coefficient (Wildman–Crippen LogP) is 2.75. The van der Waals surface area contributed by atoms with Crippen molar-refractivity contribution in [3.63, 3.8) is 0 Å². The molecule has 0 bridgehead atoms. The predicted molar refractivity (Wildman–Crippen MR) is 118 cm³/mol. The number of hydrogen-bond acceptors (Lipinski definition) is 7. The van der Waals surface area contributed by atoms with E-state index >= 15 is 0 Å². The van der Waals surface area contributed by atoms with Crippen molar-refractivity contribution in [2.75, 3.05) is 40.0 Å². The maximum Gasteiger partial charge on any atom is 0.254 e. The van der Waals surface area contributed by atoms with Crippen LogP contribution in [0.4, 0.5) is 0 Å². The molecule has 162 valence electrons. The number of amides is 1. The molecule has 0 saturated carbocycles. The third-order valence-corrected chi connectivity index (χ3v) is 6.09. The number of ether oxygens (including phenoxy) is 2. The summed E-state index contributed by atoms with van der Waals surface area (Å²) in [6.07, 6.45) is 3.48. The molecule has 4 rings (SSSR count). The van der Waals surface area contributed by atoms with Crippen LogP contribution in [0, 0.1) is 0 Å². The van der Waals surface area contributed by atoms with Gasteiger partial charge in [0.25, 0.3) is 5.91 Å². The SMILES string of the molecule is COCCn1c(SCc2ccccc2C(=O)N2CCOCC2)nnc1-c1ccncc1. The van der Waals surface area contributed by atoms with Gasteiger partial charge in [0.2, 0.25) is 0 Å². The number of carbonyl (C=O) groups excluding carboxylic acids is 1. The number of hydrogen-bond donors (Lipinski definition) is 0. The molecule has 8 nitrogen and oxygen atoms in total. The summed E-state index contributed by atoms with van der Waals surface area (Å²) in [5.41, 5.74) is 2.67. The summed E-state index contributed by atoms with van der Waals surface area (Å²) < 4.78 is 12.7. The lowest BCUT2D eigenvalue weighted by atomic mass is 10.1. The molecule has 1 fully saturated rings. The van der Waals surface area contributed by atoms with E-state index in [1.807, 2.05) is 41.3 Å². The molecule has 9 heteroatoms. The Kier molecular flexibility index (Phi) is 7.29. The van der Waals surface area contributed by atoms with E-state index in [0.717, 1.165) is 27.7 Å². The van der Waals surface area contributed by atoms with Gasteiger partial charge >= 0.3 is 0 Å². The molecule has 0 radical (unpaired) electrons. The van der Waals surface area contributed by atoms with Gasteiger partial charge in [0.05, 0.1) is 26.4 Å². The third-order valence-electron chi connectivity index (χ3n) is 5.08. The first-order chi connectivity index (χ1) is 15.3. The van der Waals surface area contributed by atoms with Crippen LogP contribution in [0.2, 0.25) is 0 Å². The van der Waals surface area contributed by atoms with E-state index in [1.54, 1.807) is 31.3 Å². The van der Waals surface area contributed by atoms with Gasteiger partial charge in [-0.2, -0.15) is 0 Å². The molecular formula is C22H25N5O3S. The number of pyridine rings is 1. The molecule has 1 saturated heterocycles. The van der Waals surface area contributed by atoms with E-state index in [-0.39, 0.29) is 5.91 Å². The number of benzene rings is 1. The van der Waals surface area contributed by atoms with Crippen LogP contribution in [-0.4, -0.2) is 70.6 Å². The molecule has 0 spiro atoms. The Bertz CT molecular complexity index is 1010. The Morgan fingerprint density at radius 3 is 2.68 bits per heavy atom. The zero-order chi connectivity index (χ0) is 21.5. The second kappa shape index (κ2) is 10.5. The van der Waals surface area contributed by atoms with Crippen LogP contribution in [0.3, 0.4) is 0 Å². The summed E-state index contributed by atoms with van der Waals surface area (Å²) in [4.78, 5) is 19.0. The molecule has 0 unspecified atom stereocenters. The molecule has 2 aromatic heterocycles. The van der Waals surface area contributed by atoms with Crippen LogP contribution < -0.4 is 0 Å². The highest BCUT2D eigenvalue weighted by molar-refractivity contribution is 7.98. The fourth-order valence-electron chi connectivity index (χ4n) is 3.43. The van der Waals surface area contributed by atoms with Gasteiger partial charge in [-0.1, -0.05) is 30.0 Å². The summed E-state index contributed by atoms with van der Waals surface area (Å²) in [5.74, 6) is 1.45. The van der Waals surface area contributed by atoms with Gasteiger partial charge in [0, 0.05) is 49.5 Å². The molecule has 1 aliphatic rings. The Morgan fingerprint density at radius 2 is 1.90 bits per heavy atom. The third kappa shape index (κ3) is 5.12. The Hall–Kier alpha value is -2.75. The molecule has 0 N–H and O–H groups in total. The number of carbonyl (C=O) groups is 1. The maximum atomic E-state index is 13.0. The van der Waals surface area contributed by atoms with E-state index in [2.05, 4.69) is 19.7 Å². The van der Waals surface area contributed by atoms with Crippen molar-refractivity contribution in [2.45, 2.75) is 17.5 Å². The Balaban J connectivity index is 1.54. The molecular weight excluding hydrogens is 414 g/mol. The molecule has 1 aromatic carbocycles. The van der Waals surface area contributed by atoms with E-state index in [1.165, 1.54) is 0 Å². The topological polar surface area (TPSA) is 82.4 Å². The van der Waals surface area contributed by atoms with Gasteiger partial charge in [0.15, 0.2) is 11.0 Å². The molecule has 0 aliphatic carbocycles. The minimum atomic E-state index is 0.0535. The zero-order valence-corrected chi connectivity index (χ0v) is 18.3. The number of morpholine rings is 1. The Morgan fingerprint density at radius 1 is 1.13 bits per heavy atom. The van der Waals surface area contributed by atoms with Crippen molar-refractivity contribution in [3.8, 4) is 11.4 Å². The van der Waals surface area contributed by atoms with Crippen molar-refractivity contribution < 1.29 is 14.3 Å². The van der Waals surface area contributed by atoms with Gasteiger partial charge < -0.3 is 14.4 Å². The van der Waals surface area contributed by atoms with Gasteiger partial charge in [-0.25, -0.2) is 0 Å². The minimum absolute atomic E-state index is 0.0535. The second-order valence-corrected chi connectivity index (χ2v) is 7.98. The first-order valence-electron chi connectivity index (χ1n) is 10.2. The molecule has 3 aromatic rings. The minimum Gasteiger partial charge on any atom is -0.383 e. The van der Waals surface area contributed by atoms with E-state index in [0.29, 0.717) is 45.2 Å². The second-order valence-electron chi connectivity index (χ2n) is 7.04. The highest BCUT2D eigenvalue weighted by atomic mass is 32.2. The van der Waals surface area contributed by atoms with Crippen LogP contribution in [0.25, 0.3) is 11.4 Å². The van der Waals surface area contributed by atoms with E-state index in [9.17, 15) is 4.79 Å². The standard InChI is InChI=1S/C22H25N5O3S/c1-29-13-12-27-20(17-6-8-23-9-7-17)24-25-22(27)31-16-18-4-2-3-5-19(18)21(28)26-10-14-30-15-11-26/h2-9H,10-16H2,1H3. The largest absolute Gasteiger partial charge is 0.383 e. The quantitative estimate of drug-likeness (QED) is 0.499. The van der Waals surface area contributed by atoms with E-state index < -0.39 is 0 Å². The summed E-state index contributed by atoms with van der Waals surface area (Å²) >= 11 is 1.57. The molecule has 0 atom stereocenters. The van der Waals surface area contributed by atoms with Gasteiger partial charge in [0.1, 0.15) is 0 Å². The summed E-state index contributed by atoms with van der Waals surface area (Å²) in [7, 11) is 1.68. The lowest BCUT2D eigenvalue weighted by Gasteiger charge is -2.27. The Labute approximate surface area is 185 Å². The van der Waals surface area contributed by atoms with Crippen LogP contribution >= 0.6 is 11.8 Å². The lowest BCUT2D eigenvalue weighted by molar-refractivity contribution is 0.0302. The van der Waals surface area contributed by atoms with Crippen LogP contribution in [-0.2, 0) is 21.8 Å². The monoisotopic (exact) mass is 439 g/mol. The first-order valence-corrected chi connectivity index (χ1v) is 11.2. The normalized spacial score (nSPS) is 14.0. The van der Waals surface area contributed by atoms with Crippen LogP contribution in [0.5, 0.6) is 0 Å². The summed E-state index contributed by atoms with van der Waals surface area (Å²) in [6, 6.07) is 11.6. The van der Waals surface area contributed by atoms with Crippen LogP contribution in [0.15, 0.2) is 53.9 Å². The molecule has 31 heavy (non-hydrogen) atoms. The summed E-state index contributed by atoms with van der Waals surface area (Å²) in [5, 5.41) is 9.60. The molecule has 1 aliphatic heterocycles. The lowest BCUT2D eigenvalue weighted by Crippen LogP contribution is -2.41. The van der Waals surface area contributed by atoms with Crippen molar-refractivity contribution >= 4 is 17.7 Å². The van der Waals surface area contributed by atoms with Gasteiger partial charge in [-0.3, -0.25) is 14.3 Å². The number of thioether (sulfide) groups is 1. The van der Waals surface area contributed by atoms with Gasteiger partial charge in [-0.05, 0) is 23.8 Å². The maximum absolute atomic E-state index is 13.0. The van der Waals surface area contributed by atoms with Crippen LogP contribution in [0.1, 0.15) is 15.9 Å². The average Bonchev–Trinajstić information content (AvgIpc) is 3.25. The fourth-order valence-corrected chi connectivity index (χ4v) is 4.40. The first kappa shape index (κ1) is 21.5. The molecule has 1 amide bonds. The number of nitrogens with zero attached hydrogens (tertiary/aromatic N) is 5. The van der Waals surface area contributed by atoms with Crippen molar-refractivity contribution in [1.82, 2.24) is 24.6 Å². The summed E-state index contributed by atoms with van der Waals surface area (Å²) in [6.45, 7) is 3.61. The highest BCUT2D eigenvalue weighted by Gasteiger charge is 2.21. The smallest absolute Gasteiger partial charge is 0.254 e. The number of methoxy groups -OCH3 is 1.